The SMILES string of the molecule is C=C(C)n1c(=O)n(C(C)=O)c2ccc([N+](=O)[O-])cc21.C=C(C)n1c(=O)n(C(C)=O)c2ncc(Br)cc21. The summed E-state index contributed by atoms with van der Waals surface area (Å²) in [5.74, 6) is -0.821. The highest BCUT2D eigenvalue weighted by Crippen LogP contribution is 2.22. The maximum Gasteiger partial charge on any atom is 0.341 e. The lowest BCUT2D eigenvalue weighted by Gasteiger charge is -1.99. The third-order valence-corrected chi connectivity index (χ3v) is 5.51. The van der Waals surface area contributed by atoms with Gasteiger partial charge in [-0.05, 0) is 41.9 Å². The average molecular weight is 557 g/mol. The number of nitro groups is 1. The summed E-state index contributed by atoms with van der Waals surface area (Å²) in [6, 6.07) is 5.63. The van der Waals surface area contributed by atoms with Gasteiger partial charge in [-0.3, -0.25) is 28.8 Å². The van der Waals surface area contributed by atoms with E-state index >= 15 is 0 Å². The van der Waals surface area contributed by atoms with Crippen molar-refractivity contribution >= 4 is 67.0 Å². The maximum absolute atomic E-state index is 12.1. The second-order valence-electron chi connectivity index (χ2n) is 7.84. The van der Waals surface area contributed by atoms with E-state index in [-0.39, 0.29) is 11.6 Å². The highest BCUT2D eigenvalue weighted by Gasteiger charge is 2.19. The Labute approximate surface area is 211 Å². The zero-order valence-electron chi connectivity index (χ0n) is 19.8. The zero-order chi connectivity index (χ0) is 27.1. The Kier molecular flexibility index (Phi) is 7.06. The number of aromatic nitrogens is 5. The smallest absolute Gasteiger partial charge is 0.274 e. The lowest BCUT2D eigenvalue weighted by atomic mass is 10.2. The van der Waals surface area contributed by atoms with E-state index in [9.17, 15) is 29.3 Å². The van der Waals surface area contributed by atoms with Crippen LogP contribution in [-0.2, 0) is 0 Å². The Bertz CT molecular complexity index is 1740. The number of allylic oxidation sites excluding steroid dienone is 2. The molecule has 0 saturated heterocycles. The number of pyridine rings is 1. The van der Waals surface area contributed by atoms with E-state index in [1.807, 2.05) is 0 Å². The van der Waals surface area contributed by atoms with Crippen LogP contribution in [0.3, 0.4) is 0 Å². The highest BCUT2D eigenvalue weighted by molar-refractivity contribution is 9.10. The van der Waals surface area contributed by atoms with Crippen LogP contribution in [0.25, 0.3) is 33.6 Å². The van der Waals surface area contributed by atoms with Gasteiger partial charge in [-0.25, -0.2) is 23.7 Å². The van der Waals surface area contributed by atoms with Gasteiger partial charge in [-0.2, -0.15) is 0 Å². The van der Waals surface area contributed by atoms with E-state index in [2.05, 4.69) is 34.1 Å². The van der Waals surface area contributed by atoms with E-state index in [1.54, 1.807) is 26.1 Å². The van der Waals surface area contributed by atoms with Crippen molar-refractivity contribution < 1.29 is 14.5 Å². The van der Waals surface area contributed by atoms with E-state index < -0.39 is 22.2 Å². The Balaban J connectivity index is 0.000000202. The van der Waals surface area contributed by atoms with Crippen molar-refractivity contribution in [1.29, 1.82) is 0 Å². The molecule has 1 aromatic carbocycles. The molecule has 0 aliphatic rings. The lowest BCUT2D eigenvalue weighted by molar-refractivity contribution is -0.384. The van der Waals surface area contributed by atoms with Crippen LogP contribution in [0.2, 0.25) is 0 Å². The summed E-state index contributed by atoms with van der Waals surface area (Å²) in [4.78, 5) is 61.5. The first-order valence-electron chi connectivity index (χ1n) is 10.3. The van der Waals surface area contributed by atoms with Gasteiger partial charge >= 0.3 is 11.4 Å². The van der Waals surface area contributed by atoms with E-state index in [1.165, 1.54) is 41.2 Å². The van der Waals surface area contributed by atoms with E-state index in [4.69, 9.17) is 0 Å². The zero-order valence-corrected chi connectivity index (χ0v) is 21.4. The fraction of sp³-hybridized carbons (Fsp3) is 0.174. The number of imidazole rings is 2. The van der Waals surface area contributed by atoms with Gasteiger partial charge in [-0.1, -0.05) is 13.2 Å². The maximum atomic E-state index is 12.1. The molecule has 3 heterocycles. The number of hydrogen-bond acceptors (Lipinski definition) is 7. The average Bonchev–Trinajstić information content (AvgIpc) is 3.22. The molecule has 13 heteroatoms. The minimum atomic E-state index is -0.574. The molecule has 36 heavy (non-hydrogen) atoms. The molecule has 3 aromatic heterocycles. The van der Waals surface area contributed by atoms with E-state index in [0.29, 0.717) is 33.6 Å². The van der Waals surface area contributed by atoms with Gasteiger partial charge in [-0.15, -0.1) is 0 Å². The molecule has 0 N–H and O–H groups in total. The van der Waals surface area contributed by atoms with Crippen molar-refractivity contribution in [2.24, 2.45) is 0 Å². The molecule has 12 nitrogen and oxygen atoms in total. The molecule has 0 saturated carbocycles. The molecule has 0 atom stereocenters. The summed E-state index contributed by atoms with van der Waals surface area (Å²) in [7, 11) is 0. The van der Waals surface area contributed by atoms with Gasteiger partial charge in [0, 0.05) is 48.0 Å². The van der Waals surface area contributed by atoms with Crippen LogP contribution in [0.15, 0.2) is 57.7 Å². The van der Waals surface area contributed by atoms with Crippen LogP contribution in [0.1, 0.15) is 37.3 Å². The normalized spacial score (nSPS) is 10.7. The number of benzene rings is 1. The molecule has 4 rings (SSSR count). The number of carbonyl (C=O) groups excluding carboxylic acids is 2. The molecule has 0 amide bonds. The topological polar surface area (TPSA) is 144 Å². The second-order valence-corrected chi connectivity index (χ2v) is 8.76. The second kappa shape index (κ2) is 9.70. The molecule has 0 spiro atoms. The monoisotopic (exact) mass is 556 g/mol. The van der Waals surface area contributed by atoms with Crippen molar-refractivity contribution in [3.05, 3.63) is 79.2 Å². The minimum absolute atomic E-state index is 0.150. The number of nitro benzene ring substituents is 1. The fourth-order valence-electron chi connectivity index (χ4n) is 3.68. The number of nitrogens with zero attached hydrogens (tertiary/aromatic N) is 6. The minimum Gasteiger partial charge on any atom is -0.274 e. The van der Waals surface area contributed by atoms with Crippen molar-refractivity contribution in [2.75, 3.05) is 0 Å². The summed E-state index contributed by atoms with van der Waals surface area (Å²) < 4.78 is 5.29. The Morgan fingerprint density at radius 2 is 1.39 bits per heavy atom. The van der Waals surface area contributed by atoms with Gasteiger partial charge in [0.25, 0.3) is 5.69 Å². The summed E-state index contributed by atoms with van der Waals surface area (Å²) in [6.07, 6.45) is 1.55. The molecular weight excluding hydrogens is 536 g/mol. The Hall–Kier alpha value is -4.39. The quantitative estimate of drug-likeness (QED) is 0.274. The third kappa shape index (κ3) is 4.47. The first kappa shape index (κ1) is 26.2. The summed E-state index contributed by atoms with van der Waals surface area (Å²) in [5, 5.41) is 10.8. The van der Waals surface area contributed by atoms with Crippen molar-refractivity contribution in [3.8, 4) is 0 Å². The Morgan fingerprint density at radius 1 is 0.861 bits per heavy atom. The lowest BCUT2D eigenvalue weighted by Crippen LogP contribution is -2.26. The molecule has 0 bridgehead atoms. The predicted octanol–water partition coefficient (Wildman–Crippen LogP) is 3.97. The Morgan fingerprint density at radius 3 is 1.89 bits per heavy atom. The standard InChI is InChI=1S/C12H11N3O4.C11H10BrN3O2/c1-7(2)13-11-6-9(15(18)19)4-5-10(11)14(8(3)16)12(13)17;1-6(2)14-9-4-8(12)5-13-10(9)15(7(3)16)11(14)17/h4-6H,1H2,2-3H3;4-5H,1H2,2-3H3. The van der Waals surface area contributed by atoms with Crippen molar-refractivity contribution in [3.63, 3.8) is 0 Å². The number of rotatable bonds is 3. The number of fused-ring (bicyclic) bond motifs is 2. The van der Waals surface area contributed by atoms with Gasteiger partial charge in [0.05, 0.1) is 21.5 Å². The first-order valence-corrected chi connectivity index (χ1v) is 11.1. The van der Waals surface area contributed by atoms with Gasteiger partial charge in [0.1, 0.15) is 0 Å². The highest BCUT2D eigenvalue weighted by atomic mass is 79.9. The molecule has 0 unspecified atom stereocenters. The van der Waals surface area contributed by atoms with Crippen molar-refractivity contribution in [2.45, 2.75) is 27.7 Å². The first-order chi connectivity index (χ1) is 16.8. The van der Waals surface area contributed by atoms with Gasteiger partial charge < -0.3 is 0 Å². The molecule has 0 radical (unpaired) electrons. The summed E-state index contributed by atoms with van der Waals surface area (Å²) in [6.45, 7) is 13.3. The molecule has 4 aromatic rings. The molecule has 186 valence electrons. The van der Waals surface area contributed by atoms with Crippen LogP contribution in [0, 0.1) is 10.1 Å². The van der Waals surface area contributed by atoms with Crippen LogP contribution in [-0.4, -0.2) is 40.0 Å². The molecule has 0 aliphatic carbocycles. The van der Waals surface area contributed by atoms with Crippen LogP contribution in [0.4, 0.5) is 5.69 Å². The number of carbonyl (C=O) groups is 2. The number of halogens is 1. The number of hydrogen-bond donors (Lipinski definition) is 0. The summed E-state index contributed by atoms with van der Waals surface area (Å²) >= 11 is 3.28. The fourth-order valence-corrected chi connectivity index (χ4v) is 4.00. The number of non-ortho nitro benzene ring substituents is 1. The molecule has 0 fully saturated rings. The van der Waals surface area contributed by atoms with Gasteiger partial charge in [0.15, 0.2) is 5.65 Å². The van der Waals surface area contributed by atoms with Crippen LogP contribution < -0.4 is 11.4 Å². The van der Waals surface area contributed by atoms with Crippen LogP contribution >= 0.6 is 15.9 Å². The third-order valence-electron chi connectivity index (χ3n) is 5.08. The van der Waals surface area contributed by atoms with E-state index in [0.717, 1.165) is 13.6 Å². The molecule has 0 aliphatic heterocycles. The predicted molar refractivity (Wildman–Crippen MR) is 139 cm³/mol. The van der Waals surface area contributed by atoms with Crippen molar-refractivity contribution in [1.82, 2.24) is 23.3 Å². The largest absolute Gasteiger partial charge is 0.341 e. The van der Waals surface area contributed by atoms with Crippen LogP contribution in [0.5, 0.6) is 0 Å². The molecular formula is C23H21BrN6O6. The van der Waals surface area contributed by atoms with Gasteiger partial charge in [0.2, 0.25) is 11.8 Å². The summed E-state index contributed by atoms with van der Waals surface area (Å²) in [5.41, 5.74) is 1.29.